The van der Waals surface area contributed by atoms with E-state index in [1.807, 2.05) is 49.4 Å². The summed E-state index contributed by atoms with van der Waals surface area (Å²) in [5, 5.41) is 4.09. The van der Waals surface area contributed by atoms with Crippen LogP contribution in [-0.2, 0) is 6.54 Å². The summed E-state index contributed by atoms with van der Waals surface area (Å²) in [5.74, 6) is 1.97. The molecule has 4 aromatic rings. The summed E-state index contributed by atoms with van der Waals surface area (Å²) in [6.45, 7) is 5.30. The summed E-state index contributed by atoms with van der Waals surface area (Å²) < 4.78 is 25.1. The zero-order chi connectivity index (χ0) is 23.3. The molecule has 1 atom stereocenters. The lowest BCUT2D eigenvalue weighted by Crippen LogP contribution is -2.37. The van der Waals surface area contributed by atoms with Crippen LogP contribution in [0.5, 0.6) is 5.75 Å². The predicted octanol–water partition coefficient (Wildman–Crippen LogP) is 5.54. The van der Waals surface area contributed by atoms with Gasteiger partial charge in [-0.15, -0.1) is 0 Å². The second-order valence-corrected chi connectivity index (χ2v) is 8.82. The molecule has 3 heterocycles. The minimum atomic E-state index is -0.182. The lowest BCUT2D eigenvalue weighted by atomic mass is 9.98. The number of halogens is 1. The van der Waals surface area contributed by atoms with E-state index in [1.54, 1.807) is 18.3 Å². The van der Waals surface area contributed by atoms with E-state index >= 15 is 0 Å². The lowest BCUT2D eigenvalue weighted by Gasteiger charge is -2.32. The highest BCUT2D eigenvalue weighted by Crippen LogP contribution is 2.26. The Hall–Kier alpha value is -3.58. The van der Waals surface area contributed by atoms with Gasteiger partial charge in [-0.2, -0.15) is 4.98 Å². The molecular weight excluding hydrogens is 431 g/mol. The van der Waals surface area contributed by atoms with Crippen molar-refractivity contribution < 1.29 is 13.7 Å². The Kier molecular flexibility index (Phi) is 6.62. The highest BCUT2D eigenvalue weighted by atomic mass is 19.1. The molecule has 1 unspecified atom stereocenters. The summed E-state index contributed by atoms with van der Waals surface area (Å²) >= 11 is 0. The number of likely N-dealkylation sites (tertiary alicyclic amines) is 1. The monoisotopic (exact) mass is 458 g/mol. The first-order valence-corrected chi connectivity index (χ1v) is 11.6. The molecule has 6 nitrogen and oxygen atoms in total. The summed E-state index contributed by atoms with van der Waals surface area (Å²) in [4.78, 5) is 11.2. The van der Waals surface area contributed by atoms with Gasteiger partial charge in [0.2, 0.25) is 5.82 Å². The lowest BCUT2D eigenvalue weighted by molar-refractivity contribution is 0.125. The third-order valence-electron chi connectivity index (χ3n) is 6.06. The van der Waals surface area contributed by atoms with Crippen LogP contribution in [0.2, 0.25) is 0 Å². The number of ether oxygens (including phenoxy) is 1. The molecule has 5 rings (SSSR count). The molecule has 1 aliphatic heterocycles. The van der Waals surface area contributed by atoms with Gasteiger partial charge in [-0.25, -0.2) is 4.39 Å². The van der Waals surface area contributed by atoms with Crippen molar-refractivity contribution in [2.24, 2.45) is 5.92 Å². The minimum absolute atomic E-state index is 0.182. The maximum atomic E-state index is 13.5. The topological polar surface area (TPSA) is 64.3 Å². The summed E-state index contributed by atoms with van der Waals surface area (Å²) in [6, 6.07) is 18.4. The van der Waals surface area contributed by atoms with Crippen LogP contribution in [0.4, 0.5) is 4.39 Å². The second kappa shape index (κ2) is 10.1. The molecule has 7 heteroatoms. The van der Waals surface area contributed by atoms with Gasteiger partial charge in [0.05, 0.1) is 6.61 Å². The van der Waals surface area contributed by atoms with Crippen molar-refractivity contribution in [1.82, 2.24) is 20.0 Å². The van der Waals surface area contributed by atoms with E-state index in [0.717, 1.165) is 60.6 Å². The van der Waals surface area contributed by atoms with Crippen molar-refractivity contribution in [3.8, 4) is 28.6 Å². The molecule has 0 N–H and O–H groups in total. The molecule has 1 aliphatic rings. The van der Waals surface area contributed by atoms with Crippen LogP contribution < -0.4 is 4.74 Å². The van der Waals surface area contributed by atoms with Gasteiger partial charge in [-0.05, 0) is 74.3 Å². The zero-order valence-corrected chi connectivity index (χ0v) is 19.2. The van der Waals surface area contributed by atoms with Crippen LogP contribution >= 0.6 is 0 Å². The molecule has 0 bridgehead atoms. The highest BCUT2D eigenvalue weighted by molar-refractivity contribution is 5.60. The van der Waals surface area contributed by atoms with Crippen LogP contribution in [0.1, 0.15) is 24.1 Å². The first-order valence-electron chi connectivity index (χ1n) is 11.6. The van der Waals surface area contributed by atoms with Crippen LogP contribution in [0.3, 0.4) is 0 Å². The number of piperidine rings is 1. The highest BCUT2D eigenvalue weighted by Gasteiger charge is 2.21. The maximum Gasteiger partial charge on any atom is 0.258 e. The molecule has 0 spiro atoms. The Morgan fingerprint density at radius 3 is 2.85 bits per heavy atom. The van der Waals surface area contributed by atoms with E-state index in [1.165, 1.54) is 6.07 Å². The van der Waals surface area contributed by atoms with Crippen molar-refractivity contribution in [3.63, 3.8) is 0 Å². The third-order valence-corrected chi connectivity index (χ3v) is 6.06. The Bertz CT molecular complexity index is 1240. The van der Waals surface area contributed by atoms with Crippen molar-refractivity contribution in [1.29, 1.82) is 0 Å². The van der Waals surface area contributed by atoms with Gasteiger partial charge in [-0.1, -0.05) is 23.4 Å². The van der Waals surface area contributed by atoms with Gasteiger partial charge < -0.3 is 9.26 Å². The third kappa shape index (κ3) is 5.48. The molecule has 1 fully saturated rings. The number of hydrogen-bond donors (Lipinski definition) is 0. The number of aryl methyl sites for hydroxylation is 1. The van der Waals surface area contributed by atoms with Crippen molar-refractivity contribution in [3.05, 3.63) is 83.9 Å². The fourth-order valence-corrected chi connectivity index (χ4v) is 4.32. The number of benzene rings is 2. The smallest absolute Gasteiger partial charge is 0.258 e. The predicted molar refractivity (Wildman–Crippen MR) is 128 cm³/mol. The molecule has 174 valence electrons. The van der Waals surface area contributed by atoms with Crippen LogP contribution in [0, 0.1) is 18.7 Å². The van der Waals surface area contributed by atoms with Gasteiger partial charge >= 0.3 is 0 Å². The molecule has 0 saturated carbocycles. The first-order chi connectivity index (χ1) is 16.6. The average Bonchev–Trinajstić information content (AvgIpc) is 3.34. The van der Waals surface area contributed by atoms with Gasteiger partial charge in [0.1, 0.15) is 11.6 Å². The fourth-order valence-electron chi connectivity index (χ4n) is 4.32. The number of pyridine rings is 1. The van der Waals surface area contributed by atoms with E-state index in [-0.39, 0.29) is 5.82 Å². The minimum Gasteiger partial charge on any atom is -0.493 e. The Balaban J connectivity index is 1.19. The SMILES string of the molecule is Cc1ccc(-c2noc(-c3cccc(OCC4CCCN(Cc5cccc(F)c5)C4)c3)n2)cn1. The Morgan fingerprint density at radius 1 is 1.09 bits per heavy atom. The van der Waals surface area contributed by atoms with Gasteiger partial charge in [0.15, 0.2) is 0 Å². The number of aromatic nitrogens is 3. The van der Waals surface area contributed by atoms with Gasteiger partial charge in [0, 0.05) is 42.0 Å². The van der Waals surface area contributed by atoms with Gasteiger partial charge in [0.25, 0.3) is 5.89 Å². The first kappa shape index (κ1) is 22.2. The van der Waals surface area contributed by atoms with E-state index in [0.29, 0.717) is 24.2 Å². The van der Waals surface area contributed by atoms with Crippen LogP contribution in [0.25, 0.3) is 22.8 Å². The van der Waals surface area contributed by atoms with Crippen molar-refractivity contribution >= 4 is 0 Å². The van der Waals surface area contributed by atoms with Crippen LogP contribution in [0.15, 0.2) is 71.4 Å². The molecule has 0 aliphatic carbocycles. The number of nitrogens with zero attached hydrogens (tertiary/aromatic N) is 4. The molecule has 34 heavy (non-hydrogen) atoms. The number of hydrogen-bond acceptors (Lipinski definition) is 6. The van der Waals surface area contributed by atoms with Crippen LogP contribution in [-0.4, -0.2) is 39.7 Å². The molecule has 1 saturated heterocycles. The standard InChI is InChI=1S/C27H27FN4O2/c1-19-10-11-23(15-29-19)26-30-27(34-31-26)22-7-3-9-25(14-22)33-18-21-6-4-12-32(17-21)16-20-5-2-8-24(28)13-20/h2-3,5,7-11,13-15,21H,4,6,12,16-18H2,1H3. The second-order valence-electron chi connectivity index (χ2n) is 8.82. The van der Waals surface area contributed by atoms with Gasteiger partial charge in [-0.3, -0.25) is 9.88 Å². The Labute approximate surface area is 198 Å². The molecular formula is C27H27FN4O2. The summed E-state index contributed by atoms with van der Waals surface area (Å²) in [5.41, 5.74) is 3.57. The largest absolute Gasteiger partial charge is 0.493 e. The van der Waals surface area contributed by atoms with E-state index in [9.17, 15) is 4.39 Å². The average molecular weight is 459 g/mol. The fraction of sp³-hybridized carbons (Fsp3) is 0.296. The number of rotatable bonds is 7. The van der Waals surface area contributed by atoms with E-state index in [2.05, 4.69) is 20.0 Å². The van der Waals surface area contributed by atoms with Crippen molar-refractivity contribution in [2.75, 3.05) is 19.7 Å². The van der Waals surface area contributed by atoms with E-state index < -0.39 is 0 Å². The Morgan fingerprint density at radius 2 is 2.00 bits per heavy atom. The molecule has 0 amide bonds. The molecule has 0 radical (unpaired) electrons. The van der Waals surface area contributed by atoms with Crippen molar-refractivity contribution in [2.45, 2.75) is 26.3 Å². The molecule has 2 aromatic carbocycles. The maximum absolute atomic E-state index is 13.5. The molecule has 2 aromatic heterocycles. The van der Waals surface area contributed by atoms with E-state index in [4.69, 9.17) is 9.26 Å². The summed E-state index contributed by atoms with van der Waals surface area (Å²) in [7, 11) is 0. The zero-order valence-electron chi connectivity index (χ0n) is 19.2. The summed E-state index contributed by atoms with van der Waals surface area (Å²) in [6.07, 6.45) is 3.98. The quantitative estimate of drug-likeness (QED) is 0.362. The normalized spacial score (nSPS) is 16.5.